The summed E-state index contributed by atoms with van der Waals surface area (Å²) >= 11 is 2.59. The van der Waals surface area contributed by atoms with Gasteiger partial charge in [-0.05, 0) is 0 Å². The van der Waals surface area contributed by atoms with Gasteiger partial charge in [-0.3, -0.25) is 10.1 Å². The van der Waals surface area contributed by atoms with E-state index in [1.54, 1.807) is 17.0 Å². The number of carbonyl (C=O) groups excluding carboxylic acids is 1. The van der Waals surface area contributed by atoms with Crippen LogP contribution < -0.4 is 11.1 Å². The molecular weight excluding hydrogens is 220 g/mol. The van der Waals surface area contributed by atoms with E-state index in [-0.39, 0.29) is 5.91 Å². The Morgan fingerprint density at radius 1 is 1.50 bits per heavy atom. The Bertz CT molecular complexity index is 436. The highest BCUT2D eigenvalue weighted by Crippen LogP contribution is 2.15. The molecule has 0 bridgehead atoms. The zero-order valence-corrected chi connectivity index (χ0v) is 8.56. The van der Waals surface area contributed by atoms with Crippen LogP contribution in [0.25, 0.3) is 0 Å². The Morgan fingerprint density at radius 3 is 2.93 bits per heavy atom. The molecule has 5 nitrogen and oxygen atoms in total. The van der Waals surface area contributed by atoms with Crippen LogP contribution in [0.15, 0.2) is 17.0 Å². The number of aromatic nitrogens is 2. The minimum absolute atomic E-state index is 0.284. The predicted octanol–water partition coefficient (Wildman–Crippen LogP) is 1.43. The molecule has 0 radical (unpaired) electrons. The molecule has 1 amide bonds. The van der Waals surface area contributed by atoms with Crippen LogP contribution in [0, 0.1) is 0 Å². The van der Waals surface area contributed by atoms with Crippen LogP contribution in [0.5, 0.6) is 0 Å². The van der Waals surface area contributed by atoms with Crippen molar-refractivity contribution in [2.45, 2.75) is 0 Å². The minimum atomic E-state index is -0.284. The minimum Gasteiger partial charge on any atom is -0.375 e. The number of hydrogen-bond acceptors (Lipinski definition) is 6. The zero-order valence-electron chi connectivity index (χ0n) is 6.93. The molecule has 0 spiro atoms. The standard InChI is InChI=1S/C7H6N4OS2/c8-6-10-4(3-14-6)5(12)11-7-9-1-2-13-7/h1-3H,(H2,8,10)(H,9,11,12). The average Bonchev–Trinajstić information content (AvgIpc) is 2.75. The SMILES string of the molecule is Nc1nc(C(=O)Nc2nccs2)cs1. The van der Waals surface area contributed by atoms with Crippen molar-refractivity contribution >= 4 is 38.8 Å². The van der Waals surface area contributed by atoms with Crippen molar-refractivity contribution < 1.29 is 4.79 Å². The lowest BCUT2D eigenvalue weighted by molar-refractivity contribution is 0.102. The lowest BCUT2D eigenvalue weighted by Crippen LogP contribution is -2.12. The smallest absolute Gasteiger partial charge is 0.276 e. The molecule has 0 atom stereocenters. The average molecular weight is 226 g/mol. The number of nitrogen functional groups attached to an aromatic ring is 1. The summed E-state index contributed by atoms with van der Waals surface area (Å²) < 4.78 is 0. The second-order valence-electron chi connectivity index (χ2n) is 2.36. The van der Waals surface area contributed by atoms with E-state index in [2.05, 4.69) is 15.3 Å². The molecule has 0 aliphatic rings. The van der Waals surface area contributed by atoms with Gasteiger partial charge in [0.25, 0.3) is 5.91 Å². The van der Waals surface area contributed by atoms with Gasteiger partial charge in [-0.25, -0.2) is 9.97 Å². The van der Waals surface area contributed by atoms with Gasteiger partial charge >= 0.3 is 0 Å². The zero-order chi connectivity index (χ0) is 9.97. The first kappa shape index (κ1) is 9.10. The lowest BCUT2D eigenvalue weighted by Gasteiger charge is -1.96. The molecular formula is C7H6N4OS2. The third kappa shape index (κ3) is 1.88. The molecule has 2 rings (SSSR count). The number of anilines is 2. The summed E-state index contributed by atoms with van der Waals surface area (Å²) in [6.45, 7) is 0. The van der Waals surface area contributed by atoms with E-state index >= 15 is 0 Å². The fourth-order valence-electron chi connectivity index (χ4n) is 0.838. The van der Waals surface area contributed by atoms with Crippen molar-refractivity contribution in [1.29, 1.82) is 0 Å². The quantitative estimate of drug-likeness (QED) is 0.811. The molecule has 7 heteroatoms. The van der Waals surface area contributed by atoms with Crippen molar-refractivity contribution in [3.63, 3.8) is 0 Å². The van der Waals surface area contributed by atoms with Gasteiger partial charge < -0.3 is 5.73 Å². The van der Waals surface area contributed by atoms with Gasteiger partial charge in [0.2, 0.25) is 0 Å². The van der Waals surface area contributed by atoms with E-state index in [0.29, 0.717) is 16.0 Å². The molecule has 2 aromatic rings. The first-order chi connectivity index (χ1) is 6.75. The van der Waals surface area contributed by atoms with E-state index < -0.39 is 0 Å². The Balaban J connectivity index is 2.10. The molecule has 0 aliphatic carbocycles. The van der Waals surface area contributed by atoms with Crippen LogP contribution >= 0.6 is 22.7 Å². The second-order valence-corrected chi connectivity index (χ2v) is 4.15. The summed E-state index contributed by atoms with van der Waals surface area (Å²) in [5.41, 5.74) is 5.73. The van der Waals surface area contributed by atoms with Gasteiger partial charge in [-0.1, -0.05) is 0 Å². The van der Waals surface area contributed by atoms with Gasteiger partial charge in [-0.15, -0.1) is 22.7 Å². The third-order valence-corrected chi connectivity index (χ3v) is 2.77. The summed E-state index contributed by atoms with van der Waals surface area (Å²) in [5.74, 6) is -0.284. The second kappa shape index (κ2) is 3.72. The van der Waals surface area contributed by atoms with Crippen LogP contribution in [-0.4, -0.2) is 15.9 Å². The Hall–Kier alpha value is -1.47. The largest absolute Gasteiger partial charge is 0.375 e. The monoisotopic (exact) mass is 226 g/mol. The van der Waals surface area contributed by atoms with Gasteiger partial charge in [0, 0.05) is 17.0 Å². The van der Waals surface area contributed by atoms with Crippen LogP contribution in [0.1, 0.15) is 10.5 Å². The summed E-state index contributed by atoms with van der Waals surface area (Å²) in [4.78, 5) is 19.2. The number of rotatable bonds is 2. The van der Waals surface area contributed by atoms with Crippen LogP contribution in [0.2, 0.25) is 0 Å². The lowest BCUT2D eigenvalue weighted by atomic mass is 10.5. The van der Waals surface area contributed by atoms with Gasteiger partial charge in [-0.2, -0.15) is 0 Å². The highest BCUT2D eigenvalue weighted by Gasteiger charge is 2.10. The van der Waals surface area contributed by atoms with Crippen molar-refractivity contribution in [3.05, 3.63) is 22.7 Å². The maximum absolute atomic E-state index is 11.5. The fraction of sp³-hybridized carbons (Fsp3) is 0. The van der Waals surface area contributed by atoms with E-state index in [1.807, 2.05) is 0 Å². The first-order valence-corrected chi connectivity index (χ1v) is 5.43. The van der Waals surface area contributed by atoms with E-state index in [4.69, 9.17) is 5.73 Å². The third-order valence-electron chi connectivity index (χ3n) is 1.41. The maximum Gasteiger partial charge on any atom is 0.276 e. The van der Waals surface area contributed by atoms with Crippen molar-refractivity contribution in [3.8, 4) is 0 Å². The number of nitrogens with one attached hydrogen (secondary N) is 1. The number of carbonyl (C=O) groups is 1. The van der Waals surface area contributed by atoms with Crippen LogP contribution in [0.3, 0.4) is 0 Å². The molecule has 0 unspecified atom stereocenters. The molecule has 0 saturated heterocycles. The van der Waals surface area contributed by atoms with Crippen molar-refractivity contribution in [1.82, 2.24) is 9.97 Å². The number of thiazole rings is 2. The molecule has 0 fully saturated rings. The molecule has 0 saturated carbocycles. The fourth-order valence-corrected chi connectivity index (χ4v) is 1.91. The summed E-state index contributed by atoms with van der Waals surface area (Å²) in [6, 6.07) is 0. The number of nitrogens with two attached hydrogens (primary N) is 1. The molecule has 72 valence electrons. The summed E-state index contributed by atoms with van der Waals surface area (Å²) in [5, 5.41) is 6.94. The molecule has 2 aromatic heterocycles. The number of hydrogen-bond donors (Lipinski definition) is 2. The van der Waals surface area contributed by atoms with Gasteiger partial charge in [0.1, 0.15) is 5.69 Å². The topological polar surface area (TPSA) is 80.9 Å². The van der Waals surface area contributed by atoms with E-state index in [9.17, 15) is 4.79 Å². The Kier molecular flexibility index (Phi) is 2.42. The van der Waals surface area contributed by atoms with Gasteiger partial charge in [0.05, 0.1) is 0 Å². The summed E-state index contributed by atoms with van der Waals surface area (Å²) in [6.07, 6.45) is 1.62. The molecule has 3 N–H and O–H groups in total. The van der Waals surface area contributed by atoms with E-state index in [0.717, 1.165) is 0 Å². The maximum atomic E-state index is 11.5. The van der Waals surface area contributed by atoms with Gasteiger partial charge in [0.15, 0.2) is 10.3 Å². The van der Waals surface area contributed by atoms with E-state index in [1.165, 1.54) is 22.7 Å². The highest BCUT2D eigenvalue weighted by molar-refractivity contribution is 7.14. The van der Waals surface area contributed by atoms with Crippen molar-refractivity contribution in [2.24, 2.45) is 0 Å². The Labute approximate surface area is 87.6 Å². The van der Waals surface area contributed by atoms with Crippen LogP contribution in [-0.2, 0) is 0 Å². The number of nitrogens with zero attached hydrogens (tertiary/aromatic N) is 2. The normalized spacial score (nSPS) is 10.0. The van der Waals surface area contributed by atoms with Crippen LogP contribution in [0.4, 0.5) is 10.3 Å². The Morgan fingerprint density at radius 2 is 2.36 bits per heavy atom. The highest BCUT2D eigenvalue weighted by atomic mass is 32.1. The number of amides is 1. The molecule has 14 heavy (non-hydrogen) atoms. The molecule has 0 aromatic carbocycles. The molecule has 0 aliphatic heterocycles. The first-order valence-electron chi connectivity index (χ1n) is 3.67. The predicted molar refractivity (Wildman–Crippen MR) is 56.6 cm³/mol. The summed E-state index contributed by atoms with van der Waals surface area (Å²) in [7, 11) is 0. The van der Waals surface area contributed by atoms with Crippen molar-refractivity contribution in [2.75, 3.05) is 11.1 Å². The molecule has 2 heterocycles.